The topological polar surface area (TPSA) is 24.5 Å². The number of nitrogens with zero attached hydrogens (tertiary/aromatic N) is 1. The van der Waals surface area contributed by atoms with Gasteiger partial charge >= 0.3 is 0 Å². The number of hydrogen-bond acceptors (Lipinski definition) is 3. The number of allylic oxidation sites excluding steroid dienone is 4. The van der Waals surface area contributed by atoms with Gasteiger partial charge in [0.1, 0.15) is 5.76 Å². The molecule has 0 aromatic rings. The third kappa shape index (κ3) is 4.33. The van der Waals surface area contributed by atoms with E-state index in [1.165, 1.54) is 36.2 Å². The van der Waals surface area contributed by atoms with Gasteiger partial charge < -0.3 is 9.74 Å². The van der Waals surface area contributed by atoms with E-state index in [-0.39, 0.29) is 5.41 Å². The second kappa shape index (κ2) is 6.53. The van der Waals surface area contributed by atoms with Gasteiger partial charge in [-0.3, -0.25) is 0 Å². The molecule has 0 saturated carbocycles. The highest BCUT2D eigenvalue weighted by Crippen LogP contribution is 2.42. The van der Waals surface area contributed by atoms with Crippen molar-refractivity contribution >= 4 is 0 Å². The highest BCUT2D eigenvalue weighted by Gasteiger charge is 2.35. The SMILES string of the molecule is CC1=CC(C(C)(C)C)=C2ONC(CCCN(C)C)CC2C1. The first kappa shape index (κ1) is 16.6. The summed E-state index contributed by atoms with van der Waals surface area (Å²) in [5.74, 6) is 1.76. The standard InChI is InChI=1S/C18H32N2O/c1-13-10-14-12-15(8-7-9-20(5)6)19-21-17(14)16(11-13)18(2,3)4/h11,14-15,19H,7-10,12H2,1-6H3. The maximum Gasteiger partial charge on any atom is 0.131 e. The van der Waals surface area contributed by atoms with Crippen molar-refractivity contribution in [2.75, 3.05) is 20.6 Å². The maximum absolute atomic E-state index is 6.01. The third-order valence-electron chi connectivity index (χ3n) is 4.47. The van der Waals surface area contributed by atoms with Crippen molar-refractivity contribution < 1.29 is 4.84 Å². The zero-order chi connectivity index (χ0) is 15.6. The van der Waals surface area contributed by atoms with Crippen LogP contribution in [0.1, 0.15) is 53.4 Å². The van der Waals surface area contributed by atoms with E-state index >= 15 is 0 Å². The zero-order valence-electron chi connectivity index (χ0n) is 14.6. The first-order valence-electron chi connectivity index (χ1n) is 8.26. The van der Waals surface area contributed by atoms with Gasteiger partial charge in [-0.15, -0.1) is 0 Å². The highest BCUT2D eigenvalue weighted by molar-refractivity contribution is 5.36. The molecular formula is C18H32N2O. The monoisotopic (exact) mass is 292 g/mol. The van der Waals surface area contributed by atoms with Crippen molar-refractivity contribution in [1.82, 2.24) is 10.4 Å². The van der Waals surface area contributed by atoms with E-state index in [0.717, 1.165) is 13.0 Å². The summed E-state index contributed by atoms with van der Waals surface area (Å²) in [4.78, 5) is 8.26. The number of nitrogens with one attached hydrogen (secondary N) is 1. The van der Waals surface area contributed by atoms with Crippen LogP contribution in [0.3, 0.4) is 0 Å². The molecule has 0 amide bonds. The maximum atomic E-state index is 6.01. The normalized spacial score (nSPS) is 26.5. The van der Waals surface area contributed by atoms with Gasteiger partial charge in [-0.25, -0.2) is 0 Å². The van der Waals surface area contributed by atoms with Crippen LogP contribution in [0.4, 0.5) is 0 Å². The second-order valence-corrected chi connectivity index (χ2v) is 8.02. The molecule has 1 aliphatic carbocycles. The minimum absolute atomic E-state index is 0.148. The average Bonchev–Trinajstić information content (AvgIpc) is 2.35. The van der Waals surface area contributed by atoms with E-state index in [0.29, 0.717) is 12.0 Å². The van der Waals surface area contributed by atoms with Gasteiger partial charge in [0.05, 0.1) is 0 Å². The van der Waals surface area contributed by atoms with Crippen LogP contribution >= 0.6 is 0 Å². The fourth-order valence-electron chi connectivity index (χ4n) is 3.36. The van der Waals surface area contributed by atoms with Gasteiger partial charge in [0.25, 0.3) is 0 Å². The Morgan fingerprint density at radius 1 is 1.33 bits per heavy atom. The van der Waals surface area contributed by atoms with Crippen molar-refractivity contribution in [3.8, 4) is 0 Å². The summed E-state index contributed by atoms with van der Waals surface area (Å²) in [5.41, 5.74) is 6.31. The Hall–Kier alpha value is -0.800. The van der Waals surface area contributed by atoms with E-state index in [1.807, 2.05) is 0 Å². The van der Waals surface area contributed by atoms with Crippen LogP contribution in [0.15, 0.2) is 23.0 Å². The first-order valence-corrected chi connectivity index (χ1v) is 8.26. The molecule has 1 fully saturated rings. The van der Waals surface area contributed by atoms with Gasteiger partial charge in [0.15, 0.2) is 0 Å². The van der Waals surface area contributed by atoms with Crippen molar-refractivity contribution in [1.29, 1.82) is 0 Å². The van der Waals surface area contributed by atoms with E-state index in [2.05, 4.69) is 58.2 Å². The van der Waals surface area contributed by atoms with Crippen molar-refractivity contribution in [3.63, 3.8) is 0 Å². The Labute approximate surface area is 130 Å². The van der Waals surface area contributed by atoms with Crippen LogP contribution in [-0.4, -0.2) is 31.6 Å². The molecule has 2 atom stereocenters. The van der Waals surface area contributed by atoms with Gasteiger partial charge in [0.2, 0.25) is 0 Å². The van der Waals surface area contributed by atoms with Crippen molar-refractivity contribution in [2.45, 2.75) is 59.4 Å². The summed E-state index contributed by atoms with van der Waals surface area (Å²) < 4.78 is 0. The minimum atomic E-state index is 0.148. The molecule has 0 radical (unpaired) electrons. The predicted molar refractivity (Wildman–Crippen MR) is 88.8 cm³/mol. The second-order valence-electron chi connectivity index (χ2n) is 8.02. The molecule has 2 aliphatic rings. The average molecular weight is 292 g/mol. The lowest BCUT2D eigenvalue weighted by Gasteiger charge is -2.38. The Morgan fingerprint density at radius 2 is 2.05 bits per heavy atom. The molecule has 1 saturated heterocycles. The Balaban J connectivity index is 2.03. The van der Waals surface area contributed by atoms with E-state index < -0.39 is 0 Å². The highest BCUT2D eigenvalue weighted by atomic mass is 16.7. The summed E-state index contributed by atoms with van der Waals surface area (Å²) in [7, 11) is 4.27. The molecular weight excluding hydrogens is 260 g/mol. The van der Waals surface area contributed by atoms with Crippen LogP contribution in [0.2, 0.25) is 0 Å². The molecule has 1 heterocycles. The van der Waals surface area contributed by atoms with Gasteiger partial charge in [0, 0.05) is 12.0 Å². The van der Waals surface area contributed by atoms with Crippen LogP contribution in [0.5, 0.6) is 0 Å². The summed E-state index contributed by atoms with van der Waals surface area (Å²) in [5, 5.41) is 0. The molecule has 21 heavy (non-hydrogen) atoms. The summed E-state index contributed by atoms with van der Waals surface area (Å²) >= 11 is 0. The molecule has 120 valence electrons. The largest absolute Gasteiger partial charge is 0.412 e. The van der Waals surface area contributed by atoms with Crippen LogP contribution in [0.25, 0.3) is 0 Å². The fourth-order valence-corrected chi connectivity index (χ4v) is 3.36. The third-order valence-corrected chi connectivity index (χ3v) is 4.47. The molecule has 2 rings (SSSR count). The molecule has 1 aliphatic heterocycles. The minimum Gasteiger partial charge on any atom is -0.412 e. The quantitative estimate of drug-likeness (QED) is 0.851. The van der Waals surface area contributed by atoms with E-state index in [9.17, 15) is 0 Å². The van der Waals surface area contributed by atoms with Crippen LogP contribution < -0.4 is 5.48 Å². The van der Waals surface area contributed by atoms with Crippen molar-refractivity contribution in [2.24, 2.45) is 11.3 Å². The predicted octanol–water partition coefficient (Wildman–Crippen LogP) is 3.89. The Bertz CT molecular complexity index is 429. The number of hydrogen-bond donors (Lipinski definition) is 1. The first-order chi connectivity index (χ1) is 9.77. The number of fused-ring (bicyclic) bond motifs is 1. The zero-order valence-corrected chi connectivity index (χ0v) is 14.6. The van der Waals surface area contributed by atoms with Crippen molar-refractivity contribution in [3.05, 3.63) is 23.0 Å². The van der Waals surface area contributed by atoms with Gasteiger partial charge in [-0.05, 0) is 64.2 Å². The molecule has 1 N–H and O–H groups in total. The van der Waals surface area contributed by atoms with Gasteiger partial charge in [-0.1, -0.05) is 32.4 Å². The van der Waals surface area contributed by atoms with Gasteiger partial charge in [-0.2, -0.15) is 5.48 Å². The molecule has 0 spiro atoms. The molecule has 3 nitrogen and oxygen atoms in total. The van der Waals surface area contributed by atoms with E-state index in [4.69, 9.17) is 4.84 Å². The smallest absolute Gasteiger partial charge is 0.131 e. The summed E-state index contributed by atoms with van der Waals surface area (Å²) in [6.07, 6.45) is 7.10. The molecule has 2 unspecified atom stereocenters. The Morgan fingerprint density at radius 3 is 2.67 bits per heavy atom. The molecule has 3 heteroatoms. The fraction of sp³-hybridized carbons (Fsp3) is 0.778. The van der Waals surface area contributed by atoms with Crippen LogP contribution in [0, 0.1) is 11.3 Å². The van der Waals surface area contributed by atoms with Crippen LogP contribution in [-0.2, 0) is 4.84 Å². The lowest BCUT2D eigenvalue weighted by atomic mass is 9.75. The summed E-state index contributed by atoms with van der Waals surface area (Å²) in [6.45, 7) is 10.2. The molecule has 0 bridgehead atoms. The molecule has 0 aromatic heterocycles. The number of hydroxylamine groups is 1. The summed E-state index contributed by atoms with van der Waals surface area (Å²) in [6, 6.07) is 0.491. The lowest BCUT2D eigenvalue weighted by molar-refractivity contribution is 0.000534. The van der Waals surface area contributed by atoms with E-state index in [1.54, 1.807) is 0 Å². The number of rotatable bonds is 4. The Kier molecular flexibility index (Phi) is 5.15. The lowest BCUT2D eigenvalue weighted by Crippen LogP contribution is -2.40. The molecule has 0 aromatic carbocycles.